The van der Waals surface area contributed by atoms with Gasteiger partial charge in [0.05, 0.1) is 9.58 Å². The Kier molecular flexibility index (Phi) is 5.42. The Balaban J connectivity index is 1.34. The smallest absolute Gasteiger partial charge is 0.261 e. The summed E-state index contributed by atoms with van der Waals surface area (Å²) in [6.07, 6.45) is 4.24. The van der Waals surface area contributed by atoms with Gasteiger partial charge in [0.1, 0.15) is 0 Å². The van der Waals surface area contributed by atoms with Crippen molar-refractivity contribution in [2.45, 2.75) is 26.4 Å². The standard InChI is InChI=1S/C22H28N4OS/c1-16(2)26-14-18-12-20(28-21(18)15-26)22(27)23-13-17-4-6-19(7-5-17)25-10-8-24(3)9-11-25/h4-7,12,14-16H,8-11,13H2,1-3H3,(H,23,27). The second-order valence-corrected chi connectivity index (χ2v) is 8.95. The molecule has 0 atom stereocenters. The van der Waals surface area contributed by atoms with Gasteiger partial charge in [-0.25, -0.2) is 0 Å². The largest absolute Gasteiger partial charge is 0.369 e. The van der Waals surface area contributed by atoms with Crippen molar-refractivity contribution in [3.8, 4) is 0 Å². The van der Waals surface area contributed by atoms with E-state index in [4.69, 9.17) is 0 Å². The zero-order chi connectivity index (χ0) is 19.7. The van der Waals surface area contributed by atoms with Crippen LogP contribution in [0.2, 0.25) is 0 Å². The number of carbonyl (C=O) groups excluding carboxylic acids is 1. The van der Waals surface area contributed by atoms with Crippen molar-refractivity contribution in [3.05, 3.63) is 53.2 Å². The number of carbonyl (C=O) groups is 1. The van der Waals surface area contributed by atoms with Crippen LogP contribution in [0.3, 0.4) is 0 Å². The highest BCUT2D eigenvalue weighted by Gasteiger charge is 2.15. The van der Waals surface area contributed by atoms with Crippen LogP contribution in [-0.2, 0) is 6.54 Å². The number of thiophene rings is 1. The van der Waals surface area contributed by atoms with Crippen molar-refractivity contribution >= 4 is 33.0 Å². The summed E-state index contributed by atoms with van der Waals surface area (Å²) in [5.41, 5.74) is 2.39. The molecule has 0 bridgehead atoms. The van der Waals surface area contributed by atoms with Crippen LogP contribution in [0.5, 0.6) is 0 Å². The first kappa shape index (κ1) is 19.0. The maximum atomic E-state index is 12.5. The maximum Gasteiger partial charge on any atom is 0.261 e. The zero-order valence-electron chi connectivity index (χ0n) is 16.8. The Hall–Kier alpha value is -2.31. The van der Waals surface area contributed by atoms with Gasteiger partial charge < -0.3 is 19.7 Å². The average Bonchev–Trinajstić information content (AvgIpc) is 3.27. The van der Waals surface area contributed by atoms with Gasteiger partial charge in [-0.3, -0.25) is 4.79 Å². The van der Waals surface area contributed by atoms with Crippen LogP contribution in [0.4, 0.5) is 5.69 Å². The quantitative estimate of drug-likeness (QED) is 0.710. The van der Waals surface area contributed by atoms with E-state index in [1.54, 1.807) is 11.3 Å². The van der Waals surface area contributed by atoms with Crippen LogP contribution < -0.4 is 10.2 Å². The summed E-state index contributed by atoms with van der Waals surface area (Å²) in [6.45, 7) is 9.21. The first-order chi connectivity index (χ1) is 13.5. The molecular weight excluding hydrogens is 368 g/mol. The molecule has 3 aromatic rings. The van der Waals surface area contributed by atoms with Gasteiger partial charge in [0.15, 0.2) is 0 Å². The minimum Gasteiger partial charge on any atom is -0.369 e. The predicted molar refractivity (Wildman–Crippen MR) is 118 cm³/mol. The number of hydrogen-bond donors (Lipinski definition) is 1. The first-order valence-electron chi connectivity index (χ1n) is 9.91. The topological polar surface area (TPSA) is 40.5 Å². The highest BCUT2D eigenvalue weighted by molar-refractivity contribution is 7.20. The van der Waals surface area contributed by atoms with Gasteiger partial charge >= 0.3 is 0 Å². The summed E-state index contributed by atoms with van der Waals surface area (Å²) >= 11 is 1.56. The highest BCUT2D eigenvalue weighted by atomic mass is 32.1. The van der Waals surface area contributed by atoms with E-state index in [-0.39, 0.29) is 5.91 Å². The Bertz CT molecular complexity index is 917. The van der Waals surface area contributed by atoms with Crippen LogP contribution >= 0.6 is 11.3 Å². The lowest BCUT2D eigenvalue weighted by molar-refractivity contribution is 0.0955. The van der Waals surface area contributed by atoms with E-state index in [0.717, 1.165) is 46.7 Å². The molecule has 1 aromatic carbocycles. The SMILES string of the molecule is CC(C)n1cc2cc(C(=O)NCc3ccc(N4CCN(C)CC4)cc3)sc2c1. The lowest BCUT2D eigenvalue weighted by Crippen LogP contribution is -2.44. The molecule has 3 heterocycles. The van der Waals surface area contributed by atoms with Gasteiger partial charge in [-0.2, -0.15) is 0 Å². The molecule has 2 aromatic heterocycles. The average molecular weight is 397 g/mol. The number of aromatic nitrogens is 1. The fourth-order valence-electron chi connectivity index (χ4n) is 3.52. The molecule has 4 rings (SSSR count). The Morgan fingerprint density at radius 2 is 1.82 bits per heavy atom. The van der Waals surface area contributed by atoms with Crippen molar-refractivity contribution in [3.63, 3.8) is 0 Å². The summed E-state index contributed by atoms with van der Waals surface area (Å²) in [5.74, 6) is 0.000408. The molecule has 1 aliphatic rings. The van der Waals surface area contributed by atoms with E-state index in [1.165, 1.54) is 5.69 Å². The van der Waals surface area contributed by atoms with Crippen LogP contribution in [-0.4, -0.2) is 48.6 Å². The van der Waals surface area contributed by atoms with Crippen LogP contribution in [0.15, 0.2) is 42.7 Å². The van der Waals surface area contributed by atoms with Crippen LogP contribution in [0.1, 0.15) is 35.1 Å². The fourth-order valence-corrected chi connectivity index (χ4v) is 4.51. The van der Waals surface area contributed by atoms with Gasteiger partial charge in [0.2, 0.25) is 0 Å². The number of benzene rings is 1. The molecule has 0 unspecified atom stereocenters. The number of piperazine rings is 1. The summed E-state index contributed by atoms with van der Waals surface area (Å²) in [5, 5.41) is 4.19. The molecule has 1 fully saturated rings. The number of amides is 1. The number of rotatable bonds is 5. The molecule has 1 saturated heterocycles. The third-order valence-electron chi connectivity index (χ3n) is 5.42. The van der Waals surface area contributed by atoms with E-state index in [2.05, 4.69) is 77.2 Å². The van der Waals surface area contributed by atoms with E-state index < -0.39 is 0 Å². The Labute approximate surface area is 170 Å². The molecule has 28 heavy (non-hydrogen) atoms. The van der Waals surface area contributed by atoms with Gasteiger partial charge in [-0.1, -0.05) is 12.1 Å². The molecule has 0 aliphatic carbocycles. The third-order valence-corrected chi connectivity index (χ3v) is 6.51. The van der Waals surface area contributed by atoms with Crippen LogP contribution in [0.25, 0.3) is 10.1 Å². The predicted octanol–water partition coefficient (Wildman–Crippen LogP) is 3.97. The lowest BCUT2D eigenvalue weighted by atomic mass is 10.1. The molecule has 148 valence electrons. The van der Waals surface area contributed by atoms with Crippen molar-refractivity contribution in [2.24, 2.45) is 0 Å². The molecule has 1 N–H and O–H groups in total. The van der Waals surface area contributed by atoms with Crippen molar-refractivity contribution in [1.29, 1.82) is 0 Å². The summed E-state index contributed by atoms with van der Waals surface area (Å²) < 4.78 is 3.35. The Morgan fingerprint density at radius 1 is 1.11 bits per heavy atom. The normalized spacial score (nSPS) is 15.5. The minimum absolute atomic E-state index is 0.000408. The maximum absolute atomic E-state index is 12.5. The van der Waals surface area contributed by atoms with Crippen molar-refractivity contribution in [2.75, 3.05) is 38.1 Å². The van der Waals surface area contributed by atoms with Crippen molar-refractivity contribution < 1.29 is 4.79 Å². The molecular formula is C22H28N4OS. The van der Waals surface area contributed by atoms with Gasteiger partial charge in [0.25, 0.3) is 5.91 Å². The molecule has 0 spiro atoms. The third kappa shape index (κ3) is 4.08. The first-order valence-corrected chi connectivity index (χ1v) is 10.7. The van der Waals surface area contributed by atoms with E-state index in [9.17, 15) is 4.79 Å². The van der Waals surface area contributed by atoms with E-state index in [0.29, 0.717) is 12.6 Å². The van der Waals surface area contributed by atoms with Gasteiger partial charge in [-0.05, 0) is 44.7 Å². The molecule has 1 amide bonds. The second-order valence-electron chi connectivity index (χ2n) is 7.87. The lowest BCUT2D eigenvalue weighted by Gasteiger charge is -2.34. The number of likely N-dealkylation sites (N-methyl/N-ethyl adjacent to an activating group) is 1. The minimum atomic E-state index is 0.000408. The molecule has 0 saturated carbocycles. The monoisotopic (exact) mass is 396 g/mol. The molecule has 0 radical (unpaired) electrons. The van der Waals surface area contributed by atoms with Gasteiger partial charge in [0, 0.05) is 62.2 Å². The second kappa shape index (κ2) is 7.97. The molecule has 5 nitrogen and oxygen atoms in total. The molecule has 1 aliphatic heterocycles. The van der Waals surface area contributed by atoms with Crippen LogP contribution in [0, 0.1) is 0 Å². The van der Waals surface area contributed by atoms with E-state index >= 15 is 0 Å². The van der Waals surface area contributed by atoms with Crippen molar-refractivity contribution in [1.82, 2.24) is 14.8 Å². The Morgan fingerprint density at radius 3 is 2.46 bits per heavy atom. The summed E-state index contributed by atoms with van der Waals surface area (Å²) in [7, 11) is 2.17. The fraction of sp³-hybridized carbons (Fsp3) is 0.409. The number of fused-ring (bicyclic) bond motifs is 1. The van der Waals surface area contributed by atoms with Gasteiger partial charge in [-0.15, -0.1) is 11.3 Å². The number of anilines is 1. The number of nitrogens with one attached hydrogen (secondary N) is 1. The number of nitrogens with zero attached hydrogens (tertiary/aromatic N) is 3. The zero-order valence-corrected chi connectivity index (χ0v) is 17.6. The molecule has 6 heteroatoms. The summed E-state index contributed by atoms with van der Waals surface area (Å²) in [6, 6.07) is 11.0. The van der Waals surface area contributed by atoms with E-state index in [1.807, 2.05) is 6.07 Å². The summed E-state index contributed by atoms with van der Waals surface area (Å²) in [4.78, 5) is 18.1. The highest BCUT2D eigenvalue weighted by Crippen LogP contribution is 2.28. The number of hydrogen-bond acceptors (Lipinski definition) is 4.